The number of aryl methyl sites for hydroxylation is 2. The third-order valence-electron chi connectivity index (χ3n) is 3.59. The lowest BCUT2D eigenvalue weighted by Crippen LogP contribution is -2.08. The summed E-state index contributed by atoms with van der Waals surface area (Å²) in [6.07, 6.45) is 0. The van der Waals surface area contributed by atoms with Crippen molar-refractivity contribution in [1.82, 2.24) is 0 Å². The standard InChI is InChI=1S/C15H15NO4/c1-8-7-9(2)11(4)14(10(8)3)15(17)12-5-6-13(20-12)16(18)19/h5-7H,1-4H3. The molecule has 0 N–H and O–H groups in total. The quantitative estimate of drug-likeness (QED) is 0.486. The average Bonchev–Trinajstić information content (AvgIpc) is 2.86. The zero-order valence-corrected chi connectivity index (χ0v) is 11.8. The monoisotopic (exact) mass is 273 g/mol. The number of nitrogens with zero attached hydrogens (tertiary/aromatic N) is 1. The maximum absolute atomic E-state index is 12.5. The van der Waals surface area contributed by atoms with Gasteiger partial charge in [-0.3, -0.25) is 14.9 Å². The number of ketones is 1. The van der Waals surface area contributed by atoms with Crippen LogP contribution in [-0.4, -0.2) is 10.7 Å². The van der Waals surface area contributed by atoms with Crippen molar-refractivity contribution in [3.05, 3.63) is 61.9 Å². The second kappa shape index (κ2) is 4.92. The fourth-order valence-corrected chi connectivity index (χ4v) is 2.23. The molecule has 2 aromatic rings. The van der Waals surface area contributed by atoms with Crippen LogP contribution in [0, 0.1) is 37.8 Å². The number of rotatable bonds is 3. The molecule has 0 aliphatic carbocycles. The minimum atomic E-state index is -0.655. The Balaban J connectivity index is 2.56. The normalized spacial score (nSPS) is 10.6. The number of carbonyl (C=O) groups excluding carboxylic acids is 1. The van der Waals surface area contributed by atoms with Gasteiger partial charge < -0.3 is 4.42 Å². The fourth-order valence-electron chi connectivity index (χ4n) is 2.23. The van der Waals surface area contributed by atoms with Crippen molar-refractivity contribution in [1.29, 1.82) is 0 Å². The Kier molecular flexibility index (Phi) is 3.44. The summed E-state index contributed by atoms with van der Waals surface area (Å²) in [6.45, 7) is 7.60. The van der Waals surface area contributed by atoms with Crippen molar-refractivity contribution in [2.75, 3.05) is 0 Å². The predicted octanol–water partition coefficient (Wildman–Crippen LogP) is 3.65. The Hall–Kier alpha value is -2.43. The van der Waals surface area contributed by atoms with E-state index in [1.165, 1.54) is 12.1 Å². The molecular weight excluding hydrogens is 258 g/mol. The van der Waals surface area contributed by atoms with Gasteiger partial charge in [0.25, 0.3) is 0 Å². The van der Waals surface area contributed by atoms with Crippen LogP contribution in [0.25, 0.3) is 0 Å². The minimum absolute atomic E-state index is 0.00657. The topological polar surface area (TPSA) is 73.3 Å². The average molecular weight is 273 g/mol. The summed E-state index contributed by atoms with van der Waals surface area (Å²) in [5.41, 5.74) is 4.33. The minimum Gasteiger partial charge on any atom is -0.397 e. The zero-order chi connectivity index (χ0) is 15.0. The van der Waals surface area contributed by atoms with Crippen LogP contribution in [-0.2, 0) is 0 Å². The van der Waals surface area contributed by atoms with Crippen LogP contribution in [0.2, 0.25) is 0 Å². The van der Waals surface area contributed by atoms with Crippen LogP contribution >= 0.6 is 0 Å². The summed E-state index contributed by atoms with van der Waals surface area (Å²) in [7, 11) is 0. The fraction of sp³-hybridized carbons (Fsp3) is 0.267. The number of hydrogen-bond donors (Lipinski definition) is 0. The number of carbonyl (C=O) groups is 1. The number of nitro groups is 1. The van der Waals surface area contributed by atoms with Gasteiger partial charge in [-0.1, -0.05) is 6.07 Å². The Morgan fingerprint density at radius 2 is 1.65 bits per heavy atom. The van der Waals surface area contributed by atoms with Gasteiger partial charge in [-0.25, -0.2) is 0 Å². The highest BCUT2D eigenvalue weighted by molar-refractivity contribution is 6.09. The molecule has 0 unspecified atom stereocenters. The summed E-state index contributed by atoms with van der Waals surface area (Å²) in [5.74, 6) is -0.749. The molecule has 0 fully saturated rings. The molecule has 5 nitrogen and oxygen atoms in total. The van der Waals surface area contributed by atoms with Crippen molar-refractivity contribution < 1.29 is 14.1 Å². The van der Waals surface area contributed by atoms with Gasteiger partial charge in [0, 0.05) is 5.56 Å². The summed E-state index contributed by atoms with van der Waals surface area (Å²) in [5, 5.41) is 10.6. The number of furan rings is 1. The first kappa shape index (κ1) is 14.0. The highest BCUT2D eigenvalue weighted by atomic mass is 16.6. The molecule has 0 saturated carbocycles. The lowest BCUT2D eigenvalue weighted by atomic mass is 9.91. The molecule has 104 valence electrons. The molecule has 1 heterocycles. The Labute approximate surface area is 116 Å². The molecule has 1 aromatic heterocycles. The van der Waals surface area contributed by atoms with Crippen LogP contribution in [0.1, 0.15) is 38.4 Å². The smallest absolute Gasteiger partial charge is 0.397 e. The highest BCUT2D eigenvalue weighted by Gasteiger charge is 2.22. The van der Waals surface area contributed by atoms with E-state index in [-0.39, 0.29) is 11.5 Å². The van der Waals surface area contributed by atoms with Gasteiger partial charge in [0.2, 0.25) is 5.78 Å². The Morgan fingerprint density at radius 3 is 2.10 bits per heavy atom. The maximum Gasteiger partial charge on any atom is 0.433 e. The van der Waals surface area contributed by atoms with E-state index in [1.807, 2.05) is 33.8 Å². The summed E-state index contributed by atoms with van der Waals surface area (Å²) >= 11 is 0. The number of hydrogen-bond acceptors (Lipinski definition) is 4. The molecule has 0 bridgehead atoms. The number of benzene rings is 1. The first-order valence-electron chi connectivity index (χ1n) is 6.19. The van der Waals surface area contributed by atoms with Gasteiger partial charge in [-0.2, -0.15) is 0 Å². The lowest BCUT2D eigenvalue weighted by molar-refractivity contribution is -0.402. The van der Waals surface area contributed by atoms with Crippen molar-refractivity contribution >= 4 is 11.7 Å². The van der Waals surface area contributed by atoms with Gasteiger partial charge in [0.1, 0.15) is 4.92 Å². The van der Waals surface area contributed by atoms with Crippen molar-refractivity contribution in [3.63, 3.8) is 0 Å². The lowest BCUT2D eigenvalue weighted by Gasteiger charge is -2.13. The van der Waals surface area contributed by atoms with E-state index in [4.69, 9.17) is 4.42 Å². The molecule has 0 saturated heterocycles. The van der Waals surface area contributed by atoms with Crippen molar-refractivity contribution in [2.45, 2.75) is 27.7 Å². The predicted molar refractivity (Wildman–Crippen MR) is 74.2 cm³/mol. The molecule has 0 atom stereocenters. The van der Waals surface area contributed by atoms with Crippen LogP contribution < -0.4 is 0 Å². The SMILES string of the molecule is Cc1cc(C)c(C)c(C(=O)c2ccc([N+](=O)[O-])o2)c1C. The van der Waals surface area contributed by atoms with Gasteiger partial charge in [-0.15, -0.1) is 0 Å². The summed E-state index contributed by atoms with van der Waals surface area (Å²) < 4.78 is 5.00. The van der Waals surface area contributed by atoms with Gasteiger partial charge >= 0.3 is 5.88 Å². The molecule has 1 aromatic carbocycles. The van der Waals surface area contributed by atoms with E-state index >= 15 is 0 Å². The molecule has 0 aliphatic rings. The van der Waals surface area contributed by atoms with Crippen LogP contribution in [0.5, 0.6) is 0 Å². The molecule has 2 rings (SSSR count). The largest absolute Gasteiger partial charge is 0.433 e. The molecule has 0 aliphatic heterocycles. The molecule has 20 heavy (non-hydrogen) atoms. The van der Waals surface area contributed by atoms with E-state index in [9.17, 15) is 14.9 Å². The molecule has 5 heteroatoms. The van der Waals surface area contributed by atoms with E-state index < -0.39 is 10.8 Å². The van der Waals surface area contributed by atoms with Crippen LogP contribution in [0.15, 0.2) is 22.6 Å². The third-order valence-corrected chi connectivity index (χ3v) is 3.59. The second-order valence-electron chi connectivity index (χ2n) is 4.86. The van der Waals surface area contributed by atoms with E-state index in [0.29, 0.717) is 5.56 Å². The van der Waals surface area contributed by atoms with Crippen LogP contribution in [0.4, 0.5) is 5.88 Å². The molecular formula is C15H15NO4. The van der Waals surface area contributed by atoms with E-state index in [1.54, 1.807) is 0 Å². The van der Waals surface area contributed by atoms with Crippen molar-refractivity contribution in [3.8, 4) is 0 Å². The first-order valence-corrected chi connectivity index (χ1v) is 6.19. The van der Waals surface area contributed by atoms with E-state index in [2.05, 4.69) is 0 Å². The van der Waals surface area contributed by atoms with Gasteiger partial charge in [0.05, 0.1) is 6.07 Å². The highest BCUT2D eigenvalue weighted by Crippen LogP contribution is 2.26. The second-order valence-corrected chi connectivity index (χ2v) is 4.86. The maximum atomic E-state index is 12.5. The van der Waals surface area contributed by atoms with Crippen molar-refractivity contribution in [2.24, 2.45) is 0 Å². The Morgan fingerprint density at radius 1 is 1.10 bits per heavy atom. The van der Waals surface area contributed by atoms with Crippen LogP contribution in [0.3, 0.4) is 0 Å². The first-order chi connectivity index (χ1) is 9.32. The zero-order valence-electron chi connectivity index (χ0n) is 11.8. The summed E-state index contributed by atoms with van der Waals surface area (Å²) in [4.78, 5) is 22.5. The molecule has 0 radical (unpaired) electrons. The van der Waals surface area contributed by atoms with Gasteiger partial charge in [0.15, 0.2) is 5.76 Å². The van der Waals surface area contributed by atoms with E-state index in [0.717, 1.165) is 22.3 Å². The summed E-state index contributed by atoms with van der Waals surface area (Å²) in [6, 6.07) is 4.56. The van der Waals surface area contributed by atoms with Gasteiger partial charge in [-0.05, 0) is 56.0 Å². The Bertz CT molecular complexity index is 687. The molecule has 0 spiro atoms. The molecule has 0 amide bonds. The third kappa shape index (κ3) is 2.22.